The van der Waals surface area contributed by atoms with Crippen molar-refractivity contribution in [1.29, 1.82) is 0 Å². The molecule has 0 saturated carbocycles. The highest BCUT2D eigenvalue weighted by molar-refractivity contribution is 5.94. The van der Waals surface area contributed by atoms with Gasteiger partial charge in [-0.3, -0.25) is 9.69 Å². The van der Waals surface area contributed by atoms with E-state index in [0.29, 0.717) is 18.8 Å². The van der Waals surface area contributed by atoms with Gasteiger partial charge < -0.3 is 9.47 Å². The summed E-state index contributed by atoms with van der Waals surface area (Å²) in [7, 11) is 1.99. The first kappa shape index (κ1) is 22.9. The molecule has 6 nitrogen and oxygen atoms in total. The molecule has 2 aromatic carbocycles. The molecule has 6 heteroatoms. The predicted octanol–water partition coefficient (Wildman–Crippen LogP) is 4.66. The van der Waals surface area contributed by atoms with E-state index in [2.05, 4.69) is 60.4 Å². The molecule has 0 radical (unpaired) electrons. The van der Waals surface area contributed by atoms with Gasteiger partial charge in [-0.05, 0) is 42.8 Å². The molecule has 0 aliphatic carbocycles. The summed E-state index contributed by atoms with van der Waals surface area (Å²) < 4.78 is 3.82. The number of carbonyl (C=O) groups excluding carboxylic acids is 1. The fourth-order valence-electron chi connectivity index (χ4n) is 4.47. The molecule has 4 aromatic rings. The third kappa shape index (κ3) is 5.12. The van der Waals surface area contributed by atoms with E-state index in [0.717, 1.165) is 36.7 Å². The standard InChI is InChI=1S/C29H31N5O/c1-23-12-14-25(15-13-23)34-28(22-26(30-34)27-11-7-16-31(27)2)29(35)33-20-18-32(19-21-33)17-6-10-24-8-4-3-5-9-24/h3-16,22H,17-21H2,1-2H3/b10-6+. The van der Waals surface area contributed by atoms with E-state index in [1.54, 1.807) is 4.68 Å². The van der Waals surface area contributed by atoms with Crippen molar-refractivity contribution in [2.75, 3.05) is 32.7 Å². The molecule has 0 bridgehead atoms. The summed E-state index contributed by atoms with van der Waals surface area (Å²) in [4.78, 5) is 18.0. The highest BCUT2D eigenvalue weighted by Gasteiger charge is 2.26. The highest BCUT2D eigenvalue weighted by atomic mass is 16.2. The van der Waals surface area contributed by atoms with Crippen LogP contribution in [0.1, 0.15) is 21.6 Å². The van der Waals surface area contributed by atoms with Gasteiger partial charge in [-0.25, -0.2) is 4.68 Å². The van der Waals surface area contributed by atoms with Crippen LogP contribution >= 0.6 is 0 Å². The van der Waals surface area contributed by atoms with Crippen LogP contribution in [0.25, 0.3) is 23.2 Å². The van der Waals surface area contributed by atoms with E-state index in [1.807, 2.05) is 59.1 Å². The molecule has 5 rings (SSSR count). The molecule has 0 spiro atoms. The predicted molar refractivity (Wildman–Crippen MR) is 141 cm³/mol. The monoisotopic (exact) mass is 465 g/mol. The van der Waals surface area contributed by atoms with Gasteiger partial charge in [0.15, 0.2) is 0 Å². The summed E-state index contributed by atoms with van der Waals surface area (Å²) in [6.07, 6.45) is 6.35. The summed E-state index contributed by atoms with van der Waals surface area (Å²) in [5, 5.41) is 4.84. The van der Waals surface area contributed by atoms with Crippen LogP contribution in [0.4, 0.5) is 0 Å². The molecule has 178 valence electrons. The lowest BCUT2D eigenvalue weighted by atomic mass is 10.2. The van der Waals surface area contributed by atoms with Crippen LogP contribution in [0.3, 0.4) is 0 Å². The molecular formula is C29H31N5O. The zero-order valence-electron chi connectivity index (χ0n) is 20.3. The molecule has 1 fully saturated rings. The second-order valence-electron chi connectivity index (χ2n) is 9.07. The molecule has 1 aliphatic heterocycles. The Hall–Kier alpha value is -3.90. The maximum atomic E-state index is 13.7. The fourth-order valence-corrected chi connectivity index (χ4v) is 4.47. The number of rotatable bonds is 6. The first-order chi connectivity index (χ1) is 17.1. The van der Waals surface area contributed by atoms with Gasteiger partial charge in [-0.15, -0.1) is 0 Å². The van der Waals surface area contributed by atoms with E-state index in [-0.39, 0.29) is 5.91 Å². The highest BCUT2D eigenvalue weighted by Crippen LogP contribution is 2.23. The van der Waals surface area contributed by atoms with Crippen LogP contribution in [-0.4, -0.2) is 62.8 Å². The van der Waals surface area contributed by atoms with Gasteiger partial charge in [0, 0.05) is 46.0 Å². The number of aromatic nitrogens is 3. The van der Waals surface area contributed by atoms with Gasteiger partial charge in [-0.2, -0.15) is 5.10 Å². The smallest absolute Gasteiger partial charge is 0.272 e. The van der Waals surface area contributed by atoms with Crippen molar-refractivity contribution in [3.05, 3.63) is 102 Å². The van der Waals surface area contributed by atoms with Crippen molar-refractivity contribution >= 4 is 12.0 Å². The number of aryl methyl sites for hydroxylation is 2. The Kier molecular flexibility index (Phi) is 6.64. The molecule has 0 atom stereocenters. The van der Waals surface area contributed by atoms with Gasteiger partial charge in [0.05, 0.1) is 11.4 Å². The van der Waals surface area contributed by atoms with Crippen molar-refractivity contribution in [1.82, 2.24) is 24.1 Å². The lowest BCUT2D eigenvalue weighted by Gasteiger charge is -2.34. The number of hydrogen-bond acceptors (Lipinski definition) is 3. The van der Waals surface area contributed by atoms with Crippen LogP contribution in [0.2, 0.25) is 0 Å². The Balaban J connectivity index is 1.31. The van der Waals surface area contributed by atoms with E-state index in [1.165, 1.54) is 11.1 Å². The van der Waals surface area contributed by atoms with Gasteiger partial charge in [0.25, 0.3) is 5.91 Å². The average Bonchev–Trinajstić information content (AvgIpc) is 3.51. The zero-order chi connectivity index (χ0) is 24.2. The van der Waals surface area contributed by atoms with Gasteiger partial charge in [0.2, 0.25) is 0 Å². The third-order valence-electron chi connectivity index (χ3n) is 6.55. The number of hydrogen-bond donors (Lipinski definition) is 0. The Morgan fingerprint density at radius 2 is 1.69 bits per heavy atom. The summed E-state index contributed by atoms with van der Waals surface area (Å²) in [5.74, 6) is 0.0259. The minimum absolute atomic E-state index is 0.0259. The van der Waals surface area contributed by atoms with Crippen molar-refractivity contribution in [2.45, 2.75) is 6.92 Å². The number of piperazine rings is 1. The Bertz CT molecular complexity index is 1310. The first-order valence-electron chi connectivity index (χ1n) is 12.1. The third-order valence-corrected chi connectivity index (χ3v) is 6.55. The van der Waals surface area contributed by atoms with E-state index < -0.39 is 0 Å². The summed E-state index contributed by atoms with van der Waals surface area (Å²) in [5.41, 5.74) is 5.66. The molecule has 0 unspecified atom stereocenters. The molecule has 2 aromatic heterocycles. The van der Waals surface area contributed by atoms with Crippen molar-refractivity contribution in [2.24, 2.45) is 7.05 Å². The average molecular weight is 466 g/mol. The van der Waals surface area contributed by atoms with Gasteiger partial charge in [-0.1, -0.05) is 60.2 Å². The summed E-state index contributed by atoms with van der Waals surface area (Å²) in [6, 6.07) is 24.4. The molecule has 3 heterocycles. The topological polar surface area (TPSA) is 46.3 Å². The molecule has 35 heavy (non-hydrogen) atoms. The number of carbonyl (C=O) groups is 1. The van der Waals surface area contributed by atoms with E-state index in [4.69, 9.17) is 5.10 Å². The van der Waals surface area contributed by atoms with Crippen molar-refractivity contribution in [3.8, 4) is 17.1 Å². The maximum Gasteiger partial charge on any atom is 0.272 e. The SMILES string of the molecule is Cc1ccc(-n2nc(-c3cccn3C)cc2C(=O)N2CCN(C/C=C/c3ccccc3)CC2)cc1. The minimum atomic E-state index is 0.0259. The second-order valence-corrected chi connectivity index (χ2v) is 9.07. The number of benzene rings is 2. The lowest BCUT2D eigenvalue weighted by Crippen LogP contribution is -2.49. The van der Waals surface area contributed by atoms with Crippen LogP contribution in [0.15, 0.2) is 85.1 Å². The maximum absolute atomic E-state index is 13.7. The number of nitrogens with zero attached hydrogens (tertiary/aromatic N) is 5. The molecule has 1 saturated heterocycles. The van der Waals surface area contributed by atoms with Gasteiger partial charge >= 0.3 is 0 Å². The molecule has 1 amide bonds. The lowest BCUT2D eigenvalue weighted by molar-refractivity contribution is 0.0641. The zero-order valence-corrected chi connectivity index (χ0v) is 20.3. The van der Waals surface area contributed by atoms with E-state index >= 15 is 0 Å². The fraction of sp³-hybridized carbons (Fsp3) is 0.241. The van der Waals surface area contributed by atoms with Crippen LogP contribution in [0, 0.1) is 6.92 Å². The normalized spacial score (nSPS) is 14.6. The second kappa shape index (κ2) is 10.2. The van der Waals surface area contributed by atoms with E-state index in [9.17, 15) is 4.79 Å². The van der Waals surface area contributed by atoms with Crippen LogP contribution in [0.5, 0.6) is 0 Å². The van der Waals surface area contributed by atoms with Crippen LogP contribution in [-0.2, 0) is 7.05 Å². The summed E-state index contributed by atoms with van der Waals surface area (Å²) >= 11 is 0. The Morgan fingerprint density at radius 3 is 2.37 bits per heavy atom. The molecule has 0 N–H and O–H groups in total. The largest absolute Gasteiger partial charge is 0.349 e. The Morgan fingerprint density at radius 1 is 0.943 bits per heavy atom. The number of amides is 1. The minimum Gasteiger partial charge on any atom is -0.349 e. The Labute approximate surface area is 206 Å². The molecular weight excluding hydrogens is 434 g/mol. The van der Waals surface area contributed by atoms with Gasteiger partial charge in [0.1, 0.15) is 11.4 Å². The quantitative estimate of drug-likeness (QED) is 0.416. The van der Waals surface area contributed by atoms with Crippen molar-refractivity contribution < 1.29 is 4.79 Å². The molecule has 1 aliphatic rings. The summed E-state index contributed by atoms with van der Waals surface area (Å²) in [6.45, 7) is 6.06. The van der Waals surface area contributed by atoms with Crippen molar-refractivity contribution in [3.63, 3.8) is 0 Å². The van der Waals surface area contributed by atoms with Crippen LogP contribution < -0.4 is 0 Å². The first-order valence-corrected chi connectivity index (χ1v) is 12.1.